The highest BCUT2D eigenvalue weighted by Gasteiger charge is 2.45. The first-order valence-electron chi connectivity index (χ1n) is 14.3. The number of hydrogen-bond donors (Lipinski definition) is 10. The van der Waals surface area contributed by atoms with Gasteiger partial charge in [-0.05, 0) is 12.8 Å². The molecule has 0 saturated carbocycles. The van der Waals surface area contributed by atoms with Gasteiger partial charge >= 0.3 is 0 Å². The monoisotopic (exact) mass is 580 g/mol. The molecule has 2 rings (SSSR count). The summed E-state index contributed by atoms with van der Waals surface area (Å²) in [5, 5.41) is 82.5. The number of aliphatic hydroxyl groups excluding tert-OH is 8. The Bertz CT molecular complexity index is 682. The van der Waals surface area contributed by atoms with Crippen molar-refractivity contribution in [3.8, 4) is 0 Å². The van der Waals surface area contributed by atoms with Gasteiger partial charge in [-0.3, -0.25) is 9.59 Å². The predicted molar refractivity (Wildman–Crippen MR) is 139 cm³/mol. The van der Waals surface area contributed by atoms with E-state index in [0.29, 0.717) is 12.8 Å². The fourth-order valence-electron chi connectivity index (χ4n) is 4.89. The molecule has 40 heavy (non-hydrogen) atoms. The molecule has 234 valence electrons. The average Bonchev–Trinajstić information content (AvgIpc) is 2.94. The first-order chi connectivity index (χ1) is 19.1. The predicted octanol–water partition coefficient (Wildman–Crippen LogP) is -2.50. The highest BCUT2D eigenvalue weighted by Crippen LogP contribution is 2.21. The van der Waals surface area contributed by atoms with Crippen molar-refractivity contribution in [3.05, 3.63) is 0 Å². The summed E-state index contributed by atoms with van der Waals surface area (Å²) >= 11 is 0. The Morgan fingerprint density at radius 2 is 0.775 bits per heavy atom. The summed E-state index contributed by atoms with van der Waals surface area (Å²) in [6.45, 7) is -1.11. The largest absolute Gasteiger partial charge is 0.394 e. The molecule has 14 nitrogen and oxygen atoms in total. The molecule has 2 heterocycles. The third-order valence-electron chi connectivity index (χ3n) is 7.45. The Morgan fingerprint density at radius 3 is 1.07 bits per heavy atom. The van der Waals surface area contributed by atoms with Gasteiger partial charge in [-0.2, -0.15) is 0 Å². The molecule has 0 bridgehead atoms. The minimum absolute atomic E-state index is 0.235. The number of hydrogen-bond acceptors (Lipinski definition) is 12. The van der Waals surface area contributed by atoms with Crippen molar-refractivity contribution in [1.29, 1.82) is 0 Å². The van der Waals surface area contributed by atoms with Crippen LogP contribution in [0.5, 0.6) is 0 Å². The van der Waals surface area contributed by atoms with Crippen molar-refractivity contribution in [2.24, 2.45) is 0 Å². The first kappa shape index (κ1) is 34.7. The Labute approximate surface area is 234 Å². The molecule has 0 radical (unpaired) electrons. The number of amides is 2. The fourth-order valence-corrected chi connectivity index (χ4v) is 4.89. The molecule has 10 N–H and O–H groups in total. The second-order valence-corrected chi connectivity index (χ2v) is 10.7. The van der Waals surface area contributed by atoms with Gasteiger partial charge in [0.15, 0.2) is 12.5 Å². The summed E-state index contributed by atoms with van der Waals surface area (Å²) in [6, 6.07) is 0. The number of carbonyl (C=O) groups excluding carboxylic acids is 2. The number of rotatable bonds is 17. The topological polar surface area (TPSA) is 238 Å². The average molecular weight is 581 g/mol. The maximum absolute atomic E-state index is 12.1. The Balaban J connectivity index is 1.43. The molecule has 0 unspecified atom stereocenters. The molecule has 0 aromatic carbocycles. The van der Waals surface area contributed by atoms with Crippen molar-refractivity contribution in [2.45, 2.75) is 138 Å². The third-order valence-corrected chi connectivity index (χ3v) is 7.45. The first-order valence-corrected chi connectivity index (χ1v) is 14.3. The van der Waals surface area contributed by atoms with Gasteiger partial charge in [0, 0.05) is 12.8 Å². The number of nitrogens with one attached hydrogen (secondary N) is 2. The van der Waals surface area contributed by atoms with Gasteiger partial charge in [-0.25, -0.2) is 0 Å². The van der Waals surface area contributed by atoms with E-state index < -0.39 is 74.5 Å². The molecular formula is C26H48N2O12. The minimum atomic E-state index is -1.53. The normalized spacial score (nSPS) is 34.4. The molecule has 2 amide bonds. The molecule has 14 heteroatoms. The number of unbranched alkanes of at least 4 members (excludes halogenated alkanes) is 9. The Morgan fingerprint density at radius 1 is 0.475 bits per heavy atom. The summed E-state index contributed by atoms with van der Waals surface area (Å²) in [5.74, 6) is -0.683. The summed E-state index contributed by atoms with van der Waals surface area (Å²) in [6.07, 6.45) is -3.79. The van der Waals surface area contributed by atoms with E-state index in [9.17, 15) is 50.4 Å². The number of aliphatic hydroxyl groups is 8. The lowest BCUT2D eigenvalue weighted by Gasteiger charge is -2.40. The maximum atomic E-state index is 12.1. The van der Waals surface area contributed by atoms with E-state index in [2.05, 4.69) is 10.6 Å². The molecule has 2 aliphatic heterocycles. The summed E-state index contributed by atoms with van der Waals surface area (Å²) in [4.78, 5) is 24.3. The number of carbonyl (C=O) groups is 2. The van der Waals surface area contributed by atoms with E-state index in [1.807, 2.05) is 0 Å². The second kappa shape index (κ2) is 18.2. The van der Waals surface area contributed by atoms with Crippen LogP contribution in [0.25, 0.3) is 0 Å². The SMILES string of the molecule is O=C(CCCCCCCCCCCCC(=O)N[C@H]1O[C@@H](CO)[C@H](O)[C@@H](O)[C@@H]1O)N[C@H]1O[C@@H](CO)[C@H](O)[C@@H](O)[C@@H]1O. The van der Waals surface area contributed by atoms with Crippen molar-refractivity contribution < 1.29 is 59.9 Å². The van der Waals surface area contributed by atoms with Crippen LogP contribution in [0.1, 0.15) is 77.0 Å². The fraction of sp³-hybridized carbons (Fsp3) is 0.923. The van der Waals surface area contributed by atoms with Crippen LogP contribution in [0.2, 0.25) is 0 Å². The van der Waals surface area contributed by atoms with Gasteiger partial charge < -0.3 is 61.0 Å². The van der Waals surface area contributed by atoms with Gasteiger partial charge in [-0.15, -0.1) is 0 Å². The third kappa shape index (κ3) is 10.7. The molecule has 2 aliphatic rings. The lowest BCUT2D eigenvalue weighted by Crippen LogP contribution is -2.63. The zero-order valence-electron chi connectivity index (χ0n) is 22.9. The minimum Gasteiger partial charge on any atom is -0.394 e. The molecule has 10 atom stereocenters. The van der Waals surface area contributed by atoms with Crippen LogP contribution in [-0.2, 0) is 19.1 Å². The second-order valence-electron chi connectivity index (χ2n) is 10.7. The van der Waals surface area contributed by atoms with Crippen LogP contribution in [0.3, 0.4) is 0 Å². The van der Waals surface area contributed by atoms with Crippen LogP contribution in [0.15, 0.2) is 0 Å². The van der Waals surface area contributed by atoms with E-state index in [-0.39, 0.29) is 24.7 Å². The smallest absolute Gasteiger partial charge is 0.222 e. The van der Waals surface area contributed by atoms with Crippen LogP contribution in [0.4, 0.5) is 0 Å². The van der Waals surface area contributed by atoms with Gasteiger partial charge in [0.1, 0.15) is 48.8 Å². The Kier molecular flexibility index (Phi) is 15.8. The molecule has 0 aromatic rings. The van der Waals surface area contributed by atoms with Gasteiger partial charge in [-0.1, -0.05) is 51.4 Å². The zero-order chi connectivity index (χ0) is 29.7. The summed E-state index contributed by atoms with van der Waals surface area (Å²) in [7, 11) is 0. The van der Waals surface area contributed by atoms with Crippen molar-refractivity contribution in [2.75, 3.05) is 13.2 Å². The van der Waals surface area contributed by atoms with E-state index in [4.69, 9.17) is 9.47 Å². The molecule has 2 fully saturated rings. The maximum Gasteiger partial charge on any atom is 0.222 e. The zero-order valence-corrected chi connectivity index (χ0v) is 22.9. The number of ether oxygens (including phenoxy) is 2. The van der Waals surface area contributed by atoms with Gasteiger partial charge in [0.25, 0.3) is 0 Å². The molecular weight excluding hydrogens is 532 g/mol. The molecule has 0 aliphatic carbocycles. The van der Waals surface area contributed by atoms with Crippen LogP contribution in [0, 0.1) is 0 Å². The van der Waals surface area contributed by atoms with E-state index >= 15 is 0 Å². The van der Waals surface area contributed by atoms with E-state index in [0.717, 1.165) is 51.4 Å². The van der Waals surface area contributed by atoms with Gasteiger partial charge in [0.2, 0.25) is 11.8 Å². The Hall–Kier alpha value is -1.46. The van der Waals surface area contributed by atoms with E-state index in [1.165, 1.54) is 0 Å². The van der Waals surface area contributed by atoms with Crippen LogP contribution in [-0.4, -0.2) is 127 Å². The van der Waals surface area contributed by atoms with Gasteiger partial charge in [0.05, 0.1) is 13.2 Å². The van der Waals surface area contributed by atoms with Crippen molar-refractivity contribution in [3.63, 3.8) is 0 Å². The highest BCUT2D eigenvalue weighted by atomic mass is 16.6. The van der Waals surface area contributed by atoms with E-state index in [1.54, 1.807) is 0 Å². The van der Waals surface area contributed by atoms with Crippen molar-refractivity contribution >= 4 is 11.8 Å². The summed E-state index contributed by atoms with van der Waals surface area (Å²) < 4.78 is 10.5. The van der Waals surface area contributed by atoms with Crippen molar-refractivity contribution in [1.82, 2.24) is 10.6 Å². The molecule has 0 spiro atoms. The highest BCUT2D eigenvalue weighted by molar-refractivity contribution is 5.76. The standard InChI is InChI=1S/C26H48N2O12/c29-13-15-19(33)21(35)23(37)25(39-15)27-17(31)11-9-7-5-3-1-2-4-6-8-10-12-18(32)28-26-24(38)22(36)20(34)16(14-30)40-26/h15-16,19-26,29-30,33-38H,1-14H2,(H,27,31)(H,28,32)/t15-,16-,19-,20-,21+,22+,23-,24-,25-,26-/m0/s1. The van der Waals surface area contributed by atoms with Crippen LogP contribution >= 0.6 is 0 Å². The summed E-state index contributed by atoms with van der Waals surface area (Å²) in [5.41, 5.74) is 0. The molecule has 0 aromatic heterocycles. The molecule has 2 saturated heterocycles. The lowest BCUT2D eigenvalue weighted by molar-refractivity contribution is -0.236. The lowest BCUT2D eigenvalue weighted by atomic mass is 9.98. The quantitative estimate of drug-likeness (QED) is 0.0804. The van der Waals surface area contributed by atoms with Crippen LogP contribution < -0.4 is 10.6 Å².